The van der Waals surface area contributed by atoms with Crippen LogP contribution in [0.3, 0.4) is 0 Å². The maximum absolute atomic E-state index is 11.3. The highest BCUT2D eigenvalue weighted by atomic mass is 16.5. The number of ether oxygens (including phenoxy) is 2. The predicted molar refractivity (Wildman–Crippen MR) is 69.4 cm³/mol. The molecule has 98 valence electrons. The lowest BCUT2D eigenvalue weighted by Gasteiger charge is -2.13. The first-order chi connectivity index (χ1) is 8.77. The molecule has 0 aliphatic rings. The second kappa shape index (κ2) is 8.41. The Kier molecular flexibility index (Phi) is 6.71. The molecule has 0 fully saturated rings. The monoisotopic (exact) mass is 250 g/mol. The predicted octanol–water partition coefficient (Wildman–Crippen LogP) is 0.721. The molecule has 0 heterocycles. The van der Waals surface area contributed by atoms with Gasteiger partial charge in [0.05, 0.1) is 13.2 Å². The summed E-state index contributed by atoms with van der Waals surface area (Å²) in [6.45, 7) is 0.485. The van der Waals surface area contributed by atoms with E-state index in [1.165, 1.54) is 7.11 Å². The van der Waals surface area contributed by atoms with Crippen molar-refractivity contribution in [3.05, 3.63) is 42.0 Å². The Morgan fingerprint density at radius 3 is 2.78 bits per heavy atom. The van der Waals surface area contributed by atoms with Crippen LogP contribution in [0.5, 0.6) is 0 Å². The van der Waals surface area contributed by atoms with Crippen LogP contribution in [0.25, 0.3) is 6.08 Å². The molecule has 3 N–H and O–H groups in total. The van der Waals surface area contributed by atoms with E-state index in [0.29, 0.717) is 6.61 Å². The molecule has 0 radical (unpaired) electrons. The van der Waals surface area contributed by atoms with Gasteiger partial charge in [-0.15, -0.1) is 0 Å². The molecule has 0 bridgehead atoms. The summed E-state index contributed by atoms with van der Waals surface area (Å²) < 4.78 is 10.2. The largest absolute Gasteiger partial charge is 0.381 e. The van der Waals surface area contributed by atoms with E-state index in [9.17, 15) is 4.79 Å². The number of carbonyl (C=O) groups is 1. The summed E-state index contributed by atoms with van der Waals surface area (Å²) in [5.74, 6) is 4.65. The third-order valence-electron chi connectivity index (χ3n) is 2.26. The van der Waals surface area contributed by atoms with Gasteiger partial charge in [-0.3, -0.25) is 10.2 Å². The summed E-state index contributed by atoms with van der Waals surface area (Å²) in [5, 5.41) is 0. The van der Waals surface area contributed by atoms with Crippen molar-refractivity contribution in [2.45, 2.75) is 6.10 Å². The smallest absolute Gasteiger partial charge is 0.265 e. The molecule has 1 unspecified atom stereocenters. The Bertz CT molecular complexity index is 379. The molecule has 1 aromatic rings. The molecule has 0 aliphatic carbocycles. The molecule has 18 heavy (non-hydrogen) atoms. The third-order valence-corrected chi connectivity index (χ3v) is 2.26. The molecular formula is C13H18N2O3. The number of nitrogens with two attached hydrogens (primary N) is 1. The first-order valence-corrected chi connectivity index (χ1v) is 5.60. The van der Waals surface area contributed by atoms with Gasteiger partial charge in [-0.2, -0.15) is 0 Å². The fourth-order valence-corrected chi connectivity index (χ4v) is 1.36. The lowest BCUT2D eigenvalue weighted by Crippen LogP contribution is -2.42. The quantitative estimate of drug-likeness (QED) is 0.425. The molecule has 5 heteroatoms. The molecule has 1 rings (SSSR count). The number of rotatable bonds is 7. The number of hydrogen-bond donors (Lipinski definition) is 2. The van der Waals surface area contributed by atoms with Crippen LogP contribution >= 0.6 is 0 Å². The number of methoxy groups -OCH3 is 1. The van der Waals surface area contributed by atoms with Gasteiger partial charge in [-0.1, -0.05) is 42.5 Å². The van der Waals surface area contributed by atoms with Crippen molar-refractivity contribution in [3.63, 3.8) is 0 Å². The molecule has 0 saturated carbocycles. The van der Waals surface area contributed by atoms with E-state index in [0.717, 1.165) is 5.56 Å². The van der Waals surface area contributed by atoms with E-state index < -0.39 is 12.0 Å². The number of benzene rings is 1. The SMILES string of the molecule is COCC(OC/C=C/c1ccccc1)C(=O)NN. The van der Waals surface area contributed by atoms with Crippen molar-refractivity contribution < 1.29 is 14.3 Å². The van der Waals surface area contributed by atoms with Gasteiger partial charge in [0.15, 0.2) is 6.10 Å². The third kappa shape index (κ3) is 5.09. The molecule has 0 saturated heterocycles. The number of hydrogen-bond acceptors (Lipinski definition) is 4. The van der Waals surface area contributed by atoms with Crippen molar-refractivity contribution in [1.29, 1.82) is 0 Å². The van der Waals surface area contributed by atoms with Crippen molar-refractivity contribution in [1.82, 2.24) is 5.43 Å². The van der Waals surface area contributed by atoms with Crippen molar-refractivity contribution in [2.24, 2.45) is 5.84 Å². The maximum atomic E-state index is 11.3. The maximum Gasteiger partial charge on any atom is 0.265 e. The van der Waals surface area contributed by atoms with E-state index in [-0.39, 0.29) is 6.61 Å². The zero-order valence-corrected chi connectivity index (χ0v) is 10.3. The minimum Gasteiger partial charge on any atom is -0.381 e. The van der Waals surface area contributed by atoms with E-state index in [2.05, 4.69) is 0 Å². The van der Waals surface area contributed by atoms with Crippen LogP contribution in [0.1, 0.15) is 5.56 Å². The van der Waals surface area contributed by atoms with Gasteiger partial charge in [0, 0.05) is 7.11 Å². The van der Waals surface area contributed by atoms with Crippen LogP contribution in [-0.2, 0) is 14.3 Å². The zero-order valence-electron chi connectivity index (χ0n) is 10.3. The highest BCUT2D eigenvalue weighted by Crippen LogP contribution is 2.01. The van der Waals surface area contributed by atoms with Crippen molar-refractivity contribution in [3.8, 4) is 0 Å². The first-order valence-electron chi connectivity index (χ1n) is 5.60. The first kappa shape index (κ1) is 14.4. The summed E-state index contributed by atoms with van der Waals surface area (Å²) in [6, 6.07) is 9.83. The zero-order chi connectivity index (χ0) is 13.2. The molecule has 1 amide bonds. The minimum absolute atomic E-state index is 0.169. The molecular weight excluding hydrogens is 232 g/mol. The van der Waals surface area contributed by atoms with Gasteiger partial charge >= 0.3 is 0 Å². The van der Waals surface area contributed by atoms with Crippen LogP contribution in [0, 0.1) is 0 Å². The summed E-state index contributed by atoms with van der Waals surface area (Å²) >= 11 is 0. The Balaban J connectivity index is 2.39. The van der Waals surface area contributed by atoms with Gasteiger partial charge in [-0.25, -0.2) is 5.84 Å². The summed E-state index contributed by atoms with van der Waals surface area (Å²) in [5.41, 5.74) is 3.12. The molecule has 0 aromatic heterocycles. The molecule has 0 aliphatic heterocycles. The van der Waals surface area contributed by atoms with Crippen LogP contribution in [0.4, 0.5) is 0 Å². The Hall–Kier alpha value is -1.69. The normalized spacial score (nSPS) is 12.6. The van der Waals surface area contributed by atoms with E-state index in [4.69, 9.17) is 15.3 Å². The Morgan fingerprint density at radius 1 is 1.44 bits per heavy atom. The average Bonchev–Trinajstić information content (AvgIpc) is 2.42. The number of hydrazine groups is 1. The van der Waals surface area contributed by atoms with Gasteiger partial charge < -0.3 is 9.47 Å². The second-order valence-electron chi connectivity index (χ2n) is 3.60. The number of carbonyl (C=O) groups excluding carboxylic acids is 1. The number of nitrogens with one attached hydrogen (secondary N) is 1. The average molecular weight is 250 g/mol. The lowest BCUT2D eigenvalue weighted by atomic mass is 10.2. The van der Waals surface area contributed by atoms with Crippen LogP contribution in [0.15, 0.2) is 36.4 Å². The standard InChI is InChI=1S/C13H18N2O3/c1-17-10-12(13(16)15-14)18-9-5-8-11-6-3-2-4-7-11/h2-8,12H,9-10,14H2,1H3,(H,15,16)/b8-5+. The summed E-state index contributed by atoms with van der Waals surface area (Å²) in [7, 11) is 1.50. The van der Waals surface area contributed by atoms with E-state index in [1.54, 1.807) is 0 Å². The molecule has 0 spiro atoms. The molecule has 1 aromatic carbocycles. The van der Waals surface area contributed by atoms with E-state index in [1.807, 2.05) is 47.9 Å². The Morgan fingerprint density at radius 2 is 2.17 bits per heavy atom. The second-order valence-corrected chi connectivity index (χ2v) is 3.60. The summed E-state index contributed by atoms with van der Waals surface area (Å²) in [4.78, 5) is 11.3. The van der Waals surface area contributed by atoms with Gasteiger partial charge in [0.1, 0.15) is 0 Å². The summed E-state index contributed by atoms with van der Waals surface area (Å²) in [6.07, 6.45) is 3.06. The van der Waals surface area contributed by atoms with Crippen molar-refractivity contribution >= 4 is 12.0 Å². The van der Waals surface area contributed by atoms with Crippen LogP contribution < -0.4 is 11.3 Å². The lowest BCUT2D eigenvalue weighted by molar-refractivity contribution is -0.135. The minimum atomic E-state index is -0.694. The fourth-order valence-electron chi connectivity index (χ4n) is 1.36. The van der Waals surface area contributed by atoms with Crippen LogP contribution in [-0.4, -0.2) is 32.3 Å². The molecule has 5 nitrogen and oxygen atoms in total. The van der Waals surface area contributed by atoms with Crippen LogP contribution in [0.2, 0.25) is 0 Å². The fraction of sp³-hybridized carbons (Fsp3) is 0.308. The van der Waals surface area contributed by atoms with Crippen molar-refractivity contribution in [2.75, 3.05) is 20.3 Å². The van der Waals surface area contributed by atoms with Gasteiger partial charge in [0.2, 0.25) is 0 Å². The molecule has 1 atom stereocenters. The van der Waals surface area contributed by atoms with Gasteiger partial charge in [-0.05, 0) is 5.56 Å². The highest BCUT2D eigenvalue weighted by molar-refractivity contribution is 5.80. The van der Waals surface area contributed by atoms with E-state index >= 15 is 0 Å². The topological polar surface area (TPSA) is 73.6 Å². The highest BCUT2D eigenvalue weighted by Gasteiger charge is 2.16. The van der Waals surface area contributed by atoms with Gasteiger partial charge in [0.25, 0.3) is 5.91 Å². The number of amides is 1. The Labute approximate surface area is 107 Å².